The Morgan fingerprint density at radius 2 is 2.14 bits per heavy atom. The van der Waals surface area contributed by atoms with E-state index in [1.165, 1.54) is 12.7 Å². The Kier molecular flexibility index (Phi) is 12.0. The van der Waals surface area contributed by atoms with Gasteiger partial charge in [0, 0.05) is 35.9 Å². The van der Waals surface area contributed by atoms with Gasteiger partial charge in [0.05, 0.1) is 13.7 Å². The summed E-state index contributed by atoms with van der Waals surface area (Å²) in [5.74, 6) is 0.815. The molecule has 1 amide bonds. The van der Waals surface area contributed by atoms with Crippen LogP contribution in [0.4, 0.5) is 4.79 Å². The van der Waals surface area contributed by atoms with Gasteiger partial charge >= 0.3 is 6.09 Å². The standard InChI is InChI=1S/C19H29ClN4O2S.HI/c1-4-21-18(23-16-8-10-24(11-9-16)19(25)26-2)22-13-17(27-3)14-6-5-7-15(20)12-14;/h5-7,12,16-17H,4,8-11,13H2,1-3H3,(H2,21,22,23);1H. The van der Waals surface area contributed by atoms with E-state index in [4.69, 9.17) is 21.3 Å². The van der Waals surface area contributed by atoms with Gasteiger partial charge in [-0.1, -0.05) is 23.7 Å². The van der Waals surface area contributed by atoms with Crippen molar-refractivity contribution in [2.24, 2.45) is 4.99 Å². The Balaban J connectivity index is 0.00000392. The van der Waals surface area contributed by atoms with Gasteiger partial charge in [0.15, 0.2) is 5.96 Å². The van der Waals surface area contributed by atoms with Crippen molar-refractivity contribution >= 4 is 59.4 Å². The van der Waals surface area contributed by atoms with Crippen molar-refractivity contribution in [1.29, 1.82) is 0 Å². The third kappa shape index (κ3) is 7.87. The number of nitrogens with zero attached hydrogens (tertiary/aromatic N) is 2. The molecule has 1 aliphatic heterocycles. The molecule has 9 heteroatoms. The maximum Gasteiger partial charge on any atom is 0.409 e. The van der Waals surface area contributed by atoms with E-state index in [1.54, 1.807) is 16.7 Å². The highest BCUT2D eigenvalue weighted by Crippen LogP contribution is 2.28. The number of guanidine groups is 1. The molecule has 0 saturated carbocycles. The molecule has 1 heterocycles. The highest BCUT2D eigenvalue weighted by atomic mass is 127. The summed E-state index contributed by atoms with van der Waals surface area (Å²) in [6.07, 6.45) is 3.59. The number of ether oxygens (including phenoxy) is 1. The lowest BCUT2D eigenvalue weighted by Crippen LogP contribution is -2.49. The minimum absolute atomic E-state index is 0. The van der Waals surface area contributed by atoms with E-state index in [1.807, 2.05) is 18.2 Å². The molecule has 2 N–H and O–H groups in total. The fourth-order valence-electron chi connectivity index (χ4n) is 3.05. The number of aliphatic imine (C=N–C) groups is 1. The van der Waals surface area contributed by atoms with Gasteiger partial charge in [-0.3, -0.25) is 4.99 Å². The van der Waals surface area contributed by atoms with Crippen LogP contribution in [0.1, 0.15) is 30.6 Å². The van der Waals surface area contributed by atoms with Crippen molar-refractivity contribution < 1.29 is 9.53 Å². The fraction of sp³-hybridized carbons (Fsp3) is 0.579. The van der Waals surface area contributed by atoms with Gasteiger partial charge in [-0.15, -0.1) is 24.0 Å². The van der Waals surface area contributed by atoms with Crippen molar-refractivity contribution in [2.45, 2.75) is 31.1 Å². The number of benzene rings is 1. The average molecular weight is 541 g/mol. The molecule has 2 rings (SSSR count). The van der Waals surface area contributed by atoms with Gasteiger partial charge in [-0.05, 0) is 43.7 Å². The topological polar surface area (TPSA) is 66.0 Å². The van der Waals surface area contributed by atoms with Gasteiger partial charge in [0.25, 0.3) is 0 Å². The quantitative estimate of drug-likeness (QED) is 0.322. The number of halogens is 2. The molecule has 1 atom stereocenters. The van der Waals surface area contributed by atoms with Crippen LogP contribution in [0.3, 0.4) is 0 Å². The molecular weight excluding hydrogens is 511 g/mol. The van der Waals surface area contributed by atoms with E-state index in [9.17, 15) is 4.79 Å². The molecule has 1 saturated heterocycles. The second-order valence-electron chi connectivity index (χ2n) is 6.37. The number of thioether (sulfide) groups is 1. The van der Waals surface area contributed by atoms with E-state index in [2.05, 4.69) is 29.9 Å². The summed E-state index contributed by atoms with van der Waals surface area (Å²) in [5.41, 5.74) is 1.18. The molecular formula is C19H30ClIN4O2S. The highest BCUT2D eigenvalue weighted by molar-refractivity contribution is 14.0. The number of carbonyl (C=O) groups excluding carboxylic acids is 1. The van der Waals surface area contributed by atoms with Gasteiger partial charge in [0.2, 0.25) is 0 Å². The summed E-state index contributed by atoms with van der Waals surface area (Å²) in [7, 11) is 1.42. The Bertz CT molecular complexity index is 642. The van der Waals surface area contributed by atoms with E-state index in [-0.39, 0.29) is 35.3 Å². The first-order valence-electron chi connectivity index (χ1n) is 9.23. The first-order chi connectivity index (χ1) is 13.1. The number of carbonyl (C=O) groups is 1. The number of nitrogens with one attached hydrogen (secondary N) is 2. The maximum atomic E-state index is 11.6. The Morgan fingerprint density at radius 3 is 2.71 bits per heavy atom. The number of amides is 1. The van der Waals surface area contributed by atoms with Crippen molar-refractivity contribution in [1.82, 2.24) is 15.5 Å². The predicted molar refractivity (Wildman–Crippen MR) is 129 cm³/mol. The third-order valence-corrected chi connectivity index (χ3v) is 5.76. The molecule has 0 aliphatic carbocycles. The number of likely N-dealkylation sites (tertiary alicyclic amines) is 1. The molecule has 0 bridgehead atoms. The highest BCUT2D eigenvalue weighted by Gasteiger charge is 2.23. The third-order valence-electron chi connectivity index (χ3n) is 4.53. The summed E-state index contributed by atoms with van der Waals surface area (Å²) >= 11 is 7.89. The number of piperidine rings is 1. The zero-order valence-electron chi connectivity index (χ0n) is 16.6. The second kappa shape index (κ2) is 13.4. The van der Waals surface area contributed by atoms with Crippen LogP contribution in [0.2, 0.25) is 5.02 Å². The van der Waals surface area contributed by atoms with Gasteiger partial charge in [-0.2, -0.15) is 11.8 Å². The molecule has 1 fully saturated rings. The second-order valence-corrected chi connectivity index (χ2v) is 7.85. The lowest BCUT2D eigenvalue weighted by atomic mass is 10.1. The molecule has 1 aliphatic rings. The van der Waals surface area contributed by atoms with Crippen LogP contribution in [0.5, 0.6) is 0 Å². The van der Waals surface area contributed by atoms with E-state index >= 15 is 0 Å². The van der Waals surface area contributed by atoms with Crippen LogP contribution in [0.15, 0.2) is 29.3 Å². The summed E-state index contributed by atoms with van der Waals surface area (Å²) in [6, 6.07) is 8.25. The zero-order valence-corrected chi connectivity index (χ0v) is 20.5. The summed E-state index contributed by atoms with van der Waals surface area (Å²) in [5, 5.41) is 7.82. The number of hydrogen-bond donors (Lipinski definition) is 2. The van der Waals surface area contributed by atoms with Crippen molar-refractivity contribution in [2.75, 3.05) is 39.5 Å². The van der Waals surface area contributed by atoms with Gasteiger partial charge < -0.3 is 20.3 Å². The monoisotopic (exact) mass is 540 g/mol. The van der Waals surface area contributed by atoms with Gasteiger partial charge in [0.1, 0.15) is 0 Å². The molecule has 0 aromatic heterocycles. The van der Waals surface area contributed by atoms with Crippen molar-refractivity contribution in [3.05, 3.63) is 34.9 Å². The fourth-order valence-corrected chi connectivity index (χ4v) is 3.89. The lowest BCUT2D eigenvalue weighted by molar-refractivity contribution is 0.111. The minimum atomic E-state index is -0.252. The molecule has 158 valence electrons. The van der Waals surface area contributed by atoms with Crippen LogP contribution in [0.25, 0.3) is 0 Å². The number of rotatable bonds is 6. The van der Waals surface area contributed by atoms with Crippen LogP contribution in [-0.2, 0) is 4.74 Å². The smallest absolute Gasteiger partial charge is 0.409 e. The van der Waals surface area contributed by atoms with Crippen LogP contribution in [0, 0.1) is 0 Å². The Morgan fingerprint density at radius 1 is 1.43 bits per heavy atom. The lowest BCUT2D eigenvalue weighted by Gasteiger charge is -2.32. The predicted octanol–water partition coefficient (Wildman–Crippen LogP) is 4.15. The zero-order chi connectivity index (χ0) is 19.6. The first-order valence-corrected chi connectivity index (χ1v) is 10.9. The Hall–Kier alpha value is -0.870. The molecule has 0 spiro atoms. The average Bonchev–Trinajstić information content (AvgIpc) is 2.68. The summed E-state index contributed by atoms with van der Waals surface area (Å²) in [6.45, 7) is 4.91. The van der Waals surface area contributed by atoms with Gasteiger partial charge in [-0.25, -0.2) is 4.79 Å². The summed E-state index contributed by atoms with van der Waals surface area (Å²) in [4.78, 5) is 18.1. The molecule has 28 heavy (non-hydrogen) atoms. The molecule has 1 aromatic rings. The molecule has 0 radical (unpaired) electrons. The van der Waals surface area contributed by atoms with Crippen LogP contribution >= 0.6 is 47.3 Å². The minimum Gasteiger partial charge on any atom is -0.453 e. The van der Waals surface area contributed by atoms with Crippen molar-refractivity contribution in [3.8, 4) is 0 Å². The van der Waals surface area contributed by atoms with E-state index < -0.39 is 0 Å². The largest absolute Gasteiger partial charge is 0.453 e. The number of hydrogen-bond acceptors (Lipinski definition) is 4. The Labute approximate surface area is 194 Å². The van der Waals surface area contributed by atoms with E-state index in [0.29, 0.717) is 25.7 Å². The maximum absolute atomic E-state index is 11.6. The van der Waals surface area contributed by atoms with Crippen LogP contribution < -0.4 is 10.6 Å². The number of methoxy groups -OCH3 is 1. The SMILES string of the molecule is CCNC(=NCC(SC)c1cccc(Cl)c1)NC1CCN(C(=O)OC)CC1.I. The first kappa shape index (κ1) is 25.2. The van der Waals surface area contributed by atoms with E-state index in [0.717, 1.165) is 30.4 Å². The molecule has 1 unspecified atom stereocenters. The van der Waals surface area contributed by atoms with Crippen molar-refractivity contribution in [3.63, 3.8) is 0 Å². The molecule has 1 aromatic carbocycles. The normalized spacial score (nSPS) is 16.1. The van der Waals surface area contributed by atoms with Crippen LogP contribution in [-0.4, -0.2) is 62.5 Å². The summed E-state index contributed by atoms with van der Waals surface area (Å²) < 4.78 is 4.79. The molecule has 6 nitrogen and oxygen atoms in total.